The zero-order valence-corrected chi connectivity index (χ0v) is 24.8. The Labute approximate surface area is 238 Å². The Morgan fingerprint density at radius 1 is 0.825 bits per heavy atom. The zero-order valence-electron chi connectivity index (χ0n) is 24.0. The van der Waals surface area contributed by atoms with Crippen LogP contribution in [0, 0.1) is 0 Å². The summed E-state index contributed by atoms with van der Waals surface area (Å²) < 4.78 is 57.3. The number of rotatable bonds is 20. The van der Waals surface area contributed by atoms with Crippen LogP contribution in [0.15, 0.2) is 42.5 Å². The first-order valence-electron chi connectivity index (χ1n) is 13.7. The molecule has 222 valence electrons. The summed E-state index contributed by atoms with van der Waals surface area (Å²) in [4.78, 5) is 11.9. The summed E-state index contributed by atoms with van der Waals surface area (Å²) >= 11 is 0. The highest BCUT2D eigenvalue weighted by atomic mass is 32.2. The highest BCUT2D eigenvalue weighted by Gasteiger charge is 2.16. The molecule has 0 atom stereocenters. The summed E-state index contributed by atoms with van der Waals surface area (Å²) in [6.07, 6.45) is 6.75. The number of hydrogen-bond acceptors (Lipinski definition) is 9. The molecule has 0 heterocycles. The third-order valence-electron chi connectivity index (χ3n) is 5.65. The van der Waals surface area contributed by atoms with Gasteiger partial charge in [0.15, 0.2) is 23.0 Å². The summed E-state index contributed by atoms with van der Waals surface area (Å²) in [5.74, 6) is 1.18. The van der Waals surface area contributed by atoms with Gasteiger partial charge in [0.2, 0.25) is 0 Å². The molecule has 0 radical (unpaired) electrons. The van der Waals surface area contributed by atoms with E-state index in [1.54, 1.807) is 30.3 Å². The molecule has 0 N–H and O–H groups in total. The van der Waals surface area contributed by atoms with Crippen LogP contribution in [0.5, 0.6) is 23.0 Å². The fourth-order valence-electron chi connectivity index (χ4n) is 3.46. The first-order chi connectivity index (χ1) is 19.3. The highest BCUT2D eigenvalue weighted by Crippen LogP contribution is 2.31. The zero-order chi connectivity index (χ0) is 29.2. The van der Waals surface area contributed by atoms with Crippen molar-refractivity contribution < 1.29 is 41.1 Å². The average Bonchev–Trinajstić information content (AvgIpc) is 2.94. The largest absolute Gasteiger partial charge is 0.493 e. The van der Waals surface area contributed by atoms with Crippen LogP contribution in [-0.2, 0) is 30.8 Å². The van der Waals surface area contributed by atoms with E-state index in [-0.39, 0.29) is 18.1 Å². The van der Waals surface area contributed by atoms with Crippen molar-refractivity contribution in [2.45, 2.75) is 52.9 Å². The van der Waals surface area contributed by atoms with Gasteiger partial charge in [0, 0.05) is 19.1 Å². The van der Waals surface area contributed by atoms with E-state index in [9.17, 15) is 13.2 Å². The monoisotopic (exact) mass is 578 g/mol. The number of carbonyl (C=O) groups excluding carboxylic acids is 1. The Kier molecular flexibility index (Phi) is 15.0. The van der Waals surface area contributed by atoms with Crippen molar-refractivity contribution in [3.63, 3.8) is 0 Å². The maximum atomic E-state index is 12.2. The lowest BCUT2D eigenvalue weighted by Crippen LogP contribution is -2.14. The number of methoxy groups -OCH3 is 1. The normalized spacial score (nSPS) is 11.4. The van der Waals surface area contributed by atoms with Crippen molar-refractivity contribution in [3.05, 3.63) is 53.6 Å². The molecule has 2 aromatic rings. The quantitative estimate of drug-likeness (QED) is 0.0859. The molecule has 0 saturated carbocycles. The van der Waals surface area contributed by atoms with Crippen molar-refractivity contribution in [2.75, 3.05) is 45.9 Å². The van der Waals surface area contributed by atoms with Gasteiger partial charge in [-0.3, -0.25) is 0 Å². The molecule has 0 fully saturated rings. The minimum atomic E-state index is -3.68. The van der Waals surface area contributed by atoms with Crippen molar-refractivity contribution in [1.29, 1.82) is 0 Å². The summed E-state index contributed by atoms with van der Waals surface area (Å²) in [6.45, 7) is 7.92. The number of ether oxygens (including phenoxy) is 5. The Hall–Kier alpha value is -3.24. The van der Waals surface area contributed by atoms with Gasteiger partial charge in [-0.1, -0.05) is 38.8 Å². The third kappa shape index (κ3) is 12.3. The Bertz CT molecular complexity index is 1180. The van der Waals surface area contributed by atoms with Crippen molar-refractivity contribution in [3.8, 4) is 23.0 Å². The summed E-state index contributed by atoms with van der Waals surface area (Å²) in [7, 11) is -2.21. The fraction of sp³-hybridized carbons (Fsp3) is 0.500. The molecule has 0 aliphatic rings. The van der Waals surface area contributed by atoms with Crippen LogP contribution in [0.25, 0.3) is 6.08 Å². The molecule has 0 aliphatic heterocycles. The van der Waals surface area contributed by atoms with Crippen LogP contribution in [-0.4, -0.2) is 60.3 Å². The van der Waals surface area contributed by atoms with Crippen LogP contribution in [0.2, 0.25) is 0 Å². The van der Waals surface area contributed by atoms with Crippen molar-refractivity contribution in [2.24, 2.45) is 0 Å². The molecule has 10 heteroatoms. The number of benzene rings is 2. The average molecular weight is 579 g/mol. The van der Waals surface area contributed by atoms with E-state index in [2.05, 4.69) is 6.92 Å². The minimum absolute atomic E-state index is 0.0436. The summed E-state index contributed by atoms with van der Waals surface area (Å²) in [5, 5.41) is 0. The number of hydrogen-bond donors (Lipinski definition) is 0. The smallest absolute Gasteiger partial charge is 0.330 e. The van der Waals surface area contributed by atoms with Crippen LogP contribution in [0.3, 0.4) is 0 Å². The van der Waals surface area contributed by atoms with E-state index in [4.69, 9.17) is 27.9 Å². The predicted octanol–water partition coefficient (Wildman–Crippen LogP) is 5.60. The van der Waals surface area contributed by atoms with Gasteiger partial charge in [0.1, 0.15) is 6.61 Å². The minimum Gasteiger partial charge on any atom is -0.493 e. The van der Waals surface area contributed by atoms with Crippen LogP contribution in [0.1, 0.15) is 57.6 Å². The fourth-order valence-corrected chi connectivity index (χ4v) is 4.60. The van der Waals surface area contributed by atoms with Gasteiger partial charge in [0.25, 0.3) is 0 Å². The first kappa shape index (κ1) is 33.0. The number of esters is 1. The molecule has 0 amide bonds. The molecule has 0 bridgehead atoms. The number of carbonyl (C=O) groups is 1. The van der Waals surface area contributed by atoms with E-state index in [1.165, 1.54) is 13.2 Å². The molecule has 9 nitrogen and oxygen atoms in total. The van der Waals surface area contributed by atoms with Gasteiger partial charge in [-0.15, -0.1) is 0 Å². The Balaban J connectivity index is 2.03. The van der Waals surface area contributed by atoms with Gasteiger partial charge < -0.3 is 27.9 Å². The molecule has 40 heavy (non-hydrogen) atoms. The predicted molar refractivity (Wildman–Crippen MR) is 155 cm³/mol. The molecule has 0 spiro atoms. The van der Waals surface area contributed by atoms with E-state index >= 15 is 0 Å². The standard InChI is InChI=1S/C30H42O9S/c1-5-8-17-36-29-23-24(12-15-30(31)38-20-19-35-7-3)10-13-26(29)37-18-16-25-11-14-27(28(22-25)34-4)39-40(32,33)21-9-6-2/h10-15,22-23H,5-9,16-21H2,1-4H3/b15-12-. The van der Waals surface area contributed by atoms with E-state index < -0.39 is 16.1 Å². The lowest BCUT2D eigenvalue weighted by atomic mass is 10.1. The van der Waals surface area contributed by atoms with Gasteiger partial charge in [0.05, 0.1) is 32.7 Å². The molecular formula is C30H42O9S. The second-order valence-corrected chi connectivity index (χ2v) is 10.6. The van der Waals surface area contributed by atoms with Gasteiger partial charge in [-0.2, -0.15) is 8.42 Å². The SMILES string of the molecule is CCCCOc1cc(/C=C\C(=O)OCCOCC)ccc1OCCc1ccc(OS(=O)(=O)CCCC)c(OC)c1. The molecule has 0 unspecified atom stereocenters. The second-order valence-electron chi connectivity index (χ2n) is 8.89. The number of unbranched alkanes of at least 4 members (excludes halogenated alkanes) is 2. The molecule has 0 aromatic heterocycles. The third-order valence-corrected chi connectivity index (χ3v) is 6.87. The van der Waals surface area contributed by atoms with Crippen molar-refractivity contribution >= 4 is 22.2 Å². The van der Waals surface area contributed by atoms with Crippen LogP contribution in [0.4, 0.5) is 0 Å². The maximum Gasteiger partial charge on any atom is 0.330 e. The lowest BCUT2D eigenvalue weighted by molar-refractivity contribution is -0.139. The lowest BCUT2D eigenvalue weighted by Gasteiger charge is -2.14. The molecular weight excluding hydrogens is 536 g/mol. The Morgan fingerprint density at radius 2 is 1.57 bits per heavy atom. The molecule has 0 saturated heterocycles. The highest BCUT2D eigenvalue weighted by molar-refractivity contribution is 7.87. The van der Waals surface area contributed by atoms with Crippen molar-refractivity contribution in [1.82, 2.24) is 0 Å². The maximum absolute atomic E-state index is 12.2. The Morgan fingerprint density at radius 3 is 2.30 bits per heavy atom. The van der Waals surface area contributed by atoms with E-state index in [0.717, 1.165) is 30.4 Å². The van der Waals surface area contributed by atoms with E-state index in [1.807, 2.05) is 26.0 Å². The second kappa shape index (κ2) is 18.2. The molecule has 2 rings (SSSR count). The van der Waals surface area contributed by atoms with Crippen LogP contribution < -0.4 is 18.4 Å². The topological polar surface area (TPSA) is 107 Å². The first-order valence-corrected chi connectivity index (χ1v) is 15.3. The summed E-state index contributed by atoms with van der Waals surface area (Å²) in [5.41, 5.74) is 1.67. The van der Waals surface area contributed by atoms with E-state index in [0.29, 0.717) is 56.5 Å². The van der Waals surface area contributed by atoms with Gasteiger partial charge in [-0.25, -0.2) is 4.79 Å². The molecule has 0 aliphatic carbocycles. The molecule has 2 aromatic carbocycles. The van der Waals surface area contributed by atoms with Gasteiger partial charge in [-0.05, 0) is 61.2 Å². The summed E-state index contributed by atoms with van der Waals surface area (Å²) in [6, 6.07) is 10.6. The van der Waals surface area contributed by atoms with Crippen LogP contribution >= 0.6 is 0 Å². The van der Waals surface area contributed by atoms with Gasteiger partial charge >= 0.3 is 16.1 Å².